The van der Waals surface area contributed by atoms with Crippen LogP contribution in [-0.2, 0) is 11.2 Å². The van der Waals surface area contributed by atoms with Crippen LogP contribution in [0.2, 0.25) is 5.22 Å². The van der Waals surface area contributed by atoms with Gasteiger partial charge in [-0.3, -0.25) is 4.79 Å². The summed E-state index contributed by atoms with van der Waals surface area (Å²) in [7, 11) is 0. The summed E-state index contributed by atoms with van der Waals surface area (Å²) < 4.78 is 4.99. The number of aliphatic carboxylic acids is 1. The monoisotopic (exact) mass is 332 g/mol. The summed E-state index contributed by atoms with van der Waals surface area (Å²) in [5.41, 5.74) is 1.72. The third-order valence-corrected chi connectivity index (χ3v) is 3.70. The van der Waals surface area contributed by atoms with E-state index in [0.29, 0.717) is 0 Å². The first-order valence-corrected chi connectivity index (χ1v) is 7.26. The molecule has 0 saturated heterocycles. The normalized spacial score (nSPS) is 12.2. The van der Waals surface area contributed by atoms with Gasteiger partial charge in [-0.05, 0) is 35.4 Å². The van der Waals surface area contributed by atoms with E-state index in [-0.39, 0.29) is 17.4 Å². The van der Waals surface area contributed by atoms with E-state index in [2.05, 4.69) is 10.3 Å². The fourth-order valence-corrected chi connectivity index (χ4v) is 2.53. The number of carbonyl (C=O) groups excluding carboxylic acids is 1. The predicted octanol–water partition coefficient (Wildman–Crippen LogP) is 2.84. The standard InChI is InChI=1S/C16H13ClN2O4/c17-14-6-5-13(23-14)15(20)19-12(16(21)22)7-9-8-18-11-4-2-1-3-10(9)11/h1-6,8,12,18H,7H2,(H,19,20)(H,21,22)/t12-/m0/s1. The Balaban J connectivity index is 1.79. The van der Waals surface area contributed by atoms with Gasteiger partial charge in [-0.2, -0.15) is 0 Å². The Labute approximate surface area is 136 Å². The number of H-pyrrole nitrogens is 1. The molecule has 0 bridgehead atoms. The molecule has 23 heavy (non-hydrogen) atoms. The lowest BCUT2D eigenvalue weighted by Gasteiger charge is -2.13. The van der Waals surface area contributed by atoms with Gasteiger partial charge in [-0.25, -0.2) is 4.79 Å². The largest absolute Gasteiger partial charge is 0.480 e. The summed E-state index contributed by atoms with van der Waals surface area (Å²) in [4.78, 5) is 26.6. The number of halogens is 1. The molecule has 2 heterocycles. The highest BCUT2D eigenvalue weighted by Crippen LogP contribution is 2.19. The molecule has 2 aromatic heterocycles. The molecule has 0 unspecified atom stereocenters. The van der Waals surface area contributed by atoms with Gasteiger partial charge in [0.15, 0.2) is 11.0 Å². The lowest BCUT2D eigenvalue weighted by Crippen LogP contribution is -2.42. The lowest BCUT2D eigenvalue weighted by atomic mass is 10.0. The summed E-state index contributed by atoms with van der Waals surface area (Å²) in [6.45, 7) is 0. The molecule has 0 aliphatic heterocycles. The highest BCUT2D eigenvalue weighted by molar-refractivity contribution is 6.29. The minimum absolute atomic E-state index is 0.0276. The van der Waals surface area contributed by atoms with Gasteiger partial charge in [0.05, 0.1) is 0 Å². The summed E-state index contributed by atoms with van der Waals surface area (Å²) in [5.74, 6) is -1.77. The van der Waals surface area contributed by atoms with Crippen molar-refractivity contribution in [1.82, 2.24) is 10.3 Å². The SMILES string of the molecule is O=C(N[C@@H](Cc1c[nH]c2ccccc12)C(=O)O)c1ccc(Cl)o1. The number of fused-ring (bicyclic) bond motifs is 1. The minimum Gasteiger partial charge on any atom is -0.480 e. The van der Waals surface area contributed by atoms with Crippen LogP contribution in [0.1, 0.15) is 16.1 Å². The molecule has 7 heteroatoms. The number of nitrogens with one attached hydrogen (secondary N) is 2. The number of carboxylic acids is 1. The number of carboxylic acid groups (broad SMARTS) is 1. The van der Waals surface area contributed by atoms with Crippen LogP contribution < -0.4 is 5.32 Å². The van der Waals surface area contributed by atoms with Crippen LogP contribution in [0.5, 0.6) is 0 Å². The number of aromatic nitrogens is 1. The van der Waals surface area contributed by atoms with Gasteiger partial charge >= 0.3 is 5.97 Å². The third-order valence-electron chi connectivity index (χ3n) is 3.50. The van der Waals surface area contributed by atoms with Gasteiger partial charge < -0.3 is 19.8 Å². The van der Waals surface area contributed by atoms with Gasteiger partial charge in [-0.15, -0.1) is 0 Å². The highest BCUT2D eigenvalue weighted by atomic mass is 35.5. The van der Waals surface area contributed by atoms with Crippen LogP contribution in [0, 0.1) is 0 Å². The maximum absolute atomic E-state index is 12.0. The summed E-state index contributed by atoms with van der Waals surface area (Å²) in [6.07, 6.45) is 1.90. The molecule has 3 N–H and O–H groups in total. The van der Waals surface area contributed by atoms with Crippen LogP contribution in [-0.4, -0.2) is 28.0 Å². The molecule has 6 nitrogen and oxygen atoms in total. The molecule has 0 fully saturated rings. The molecule has 0 aliphatic carbocycles. The van der Waals surface area contributed by atoms with Crippen molar-refractivity contribution in [3.63, 3.8) is 0 Å². The number of hydrogen-bond acceptors (Lipinski definition) is 3. The van der Waals surface area contributed by atoms with Crippen molar-refractivity contribution in [2.45, 2.75) is 12.5 Å². The number of amides is 1. The summed E-state index contributed by atoms with van der Waals surface area (Å²) >= 11 is 5.62. The number of para-hydroxylation sites is 1. The number of furan rings is 1. The fraction of sp³-hybridized carbons (Fsp3) is 0.125. The summed E-state index contributed by atoms with van der Waals surface area (Å²) in [5, 5.41) is 12.8. The average Bonchev–Trinajstić information content (AvgIpc) is 3.13. The van der Waals surface area contributed by atoms with Gasteiger partial charge in [0.25, 0.3) is 5.91 Å². The Morgan fingerprint density at radius 1 is 1.26 bits per heavy atom. The van der Waals surface area contributed by atoms with Gasteiger partial charge in [0.2, 0.25) is 0 Å². The zero-order valence-corrected chi connectivity index (χ0v) is 12.6. The quantitative estimate of drug-likeness (QED) is 0.669. The van der Waals surface area contributed by atoms with Crippen molar-refractivity contribution in [3.8, 4) is 0 Å². The molecule has 0 radical (unpaired) electrons. The smallest absolute Gasteiger partial charge is 0.326 e. The van der Waals surface area contributed by atoms with E-state index >= 15 is 0 Å². The van der Waals surface area contributed by atoms with E-state index < -0.39 is 17.9 Å². The second kappa shape index (κ2) is 6.18. The third kappa shape index (κ3) is 3.22. The number of benzene rings is 1. The highest BCUT2D eigenvalue weighted by Gasteiger charge is 2.23. The summed E-state index contributed by atoms with van der Waals surface area (Å²) in [6, 6.07) is 9.30. The van der Waals surface area contributed by atoms with Gasteiger partial charge in [0, 0.05) is 23.5 Å². The Morgan fingerprint density at radius 2 is 2.04 bits per heavy atom. The Kier molecular flexibility index (Phi) is 4.08. The number of rotatable bonds is 5. The maximum atomic E-state index is 12.0. The van der Waals surface area contributed by atoms with Gasteiger partial charge in [-0.1, -0.05) is 18.2 Å². The predicted molar refractivity (Wildman–Crippen MR) is 84.6 cm³/mol. The first-order chi connectivity index (χ1) is 11.0. The van der Waals surface area contributed by atoms with Crippen LogP contribution in [0.3, 0.4) is 0 Å². The van der Waals surface area contributed by atoms with Crippen LogP contribution in [0.15, 0.2) is 47.0 Å². The molecule has 118 valence electrons. The van der Waals surface area contributed by atoms with Crippen molar-refractivity contribution in [3.05, 3.63) is 59.1 Å². The van der Waals surface area contributed by atoms with E-state index in [0.717, 1.165) is 16.5 Å². The Bertz CT molecular complexity index is 868. The van der Waals surface area contributed by atoms with Crippen molar-refractivity contribution in [2.24, 2.45) is 0 Å². The zero-order valence-electron chi connectivity index (χ0n) is 11.9. The first-order valence-electron chi connectivity index (χ1n) is 6.88. The number of aromatic amines is 1. The van der Waals surface area contributed by atoms with E-state index in [1.54, 1.807) is 6.20 Å². The molecule has 3 rings (SSSR count). The zero-order chi connectivity index (χ0) is 16.4. The number of carbonyl (C=O) groups is 2. The van der Waals surface area contributed by atoms with E-state index in [1.807, 2.05) is 24.3 Å². The van der Waals surface area contributed by atoms with Crippen LogP contribution in [0.25, 0.3) is 10.9 Å². The topological polar surface area (TPSA) is 95.3 Å². The second-order valence-electron chi connectivity index (χ2n) is 5.03. The van der Waals surface area contributed by atoms with Crippen molar-refractivity contribution in [2.75, 3.05) is 0 Å². The Morgan fingerprint density at radius 3 is 2.74 bits per heavy atom. The van der Waals surface area contributed by atoms with Gasteiger partial charge in [0.1, 0.15) is 6.04 Å². The fourth-order valence-electron chi connectivity index (χ4n) is 2.39. The van der Waals surface area contributed by atoms with E-state index in [9.17, 15) is 14.7 Å². The van der Waals surface area contributed by atoms with Crippen molar-refractivity contribution >= 4 is 34.4 Å². The lowest BCUT2D eigenvalue weighted by molar-refractivity contribution is -0.139. The molecular weight excluding hydrogens is 320 g/mol. The average molecular weight is 333 g/mol. The first kappa shape index (κ1) is 15.2. The van der Waals surface area contributed by atoms with Crippen LogP contribution >= 0.6 is 11.6 Å². The molecule has 0 spiro atoms. The Hall–Kier alpha value is -2.73. The molecular formula is C16H13ClN2O4. The molecule has 1 amide bonds. The van der Waals surface area contributed by atoms with Crippen LogP contribution in [0.4, 0.5) is 0 Å². The van der Waals surface area contributed by atoms with Crippen molar-refractivity contribution < 1.29 is 19.1 Å². The van der Waals surface area contributed by atoms with E-state index in [1.165, 1.54) is 12.1 Å². The minimum atomic E-state index is -1.12. The number of hydrogen-bond donors (Lipinski definition) is 3. The maximum Gasteiger partial charge on any atom is 0.326 e. The van der Waals surface area contributed by atoms with E-state index in [4.69, 9.17) is 16.0 Å². The van der Waals surface area contributed by atoms with Crippen molar-refractivity contribution in [1.29, 1.82) is 0 Å². The molecule has 1 aromatic carbocycles. The molecule has 3 aromatic rings. The molecule has 0 saturated carbocycles. The second-order valence-corrected chi connectivity index (χ2v) is 5.40. The molecule has 1 atom stereocenters. The molecule has 0 aliphatic rings.